The highest BCUT2D eigenvalue weighted by atomic mass is 32.2. The van der Waals surface area contributed by atoms with Crippen LogP contribution in [0.3, 0.4) is 0 Å². The van der Waals surface area contributed by atoms with Crippen molar-refractivity contribution in [2.24, 2.45) is 16.2 Å². The molecule has 4 aliphatic rings. The number of hydrogen-bond donors (Lipinski definition) is 0. The van der Waals surface area contributed by atoms with Crippen molar-refractivity contribution in [3.63, 3.8) is 0 Å². The first kappa shape index (κ1) is 24.7. The normalized spacial score (nSPS) is 29.2. The van der Waals surface area contributed by atoms with Crippen LogP contribution in [0.25, 0.3) is 0 Å². The molecule has 1 amide bonds. The summed E-state index contributed by atoms with van der Waals surface area (Å²) in [5.41, 5.74) is 5.60. The van der Waals surface area contributed by atoms with Gasteiger partial charge in [0.15, 0.2) is 0 Å². The first-order valence-electron chi connectivity index (χ1n) is 13.9. The lowest BCUT2D eigenvalue weighted by Crippen LogP contribution is -2.48. The van der Waals surface area contributed by atoms with Crippen molar-refractivity contribution in [3.05, 3.63) is 70.8 Å². The molecule has 1 saturated carbocycles. The number of fused-ring (bicyclic) bond motifs is 4. The molecular formula is C31H37N2O3S-. The molecule has 0 N–H and O–H groups in total. The number of aryl methyl sites for hydroxylation is 2. The quantitative estimate of drug-likeness (QED) is 0.295. The van der Waals surface area contributed by atoms with E-state index in [0.29, 0.717) is 29.8 Å². The Morgan fingerprint density at radius 2 is 1.97 bits per heavy atom. The smallest absolute Gasteiger partial charge is 0.254 e. The van der Waals surface area contributed by atoms with E-state index >= 15 is 0 Å². The lowest BCUT2D eigenvalue weighted by molar-refractivity contribution is 0.100. The van der Waals surface area contributed by atoms with Crippen LogP contribution in [-0.2, 0) is 26.6 Å². The maximum absolute atomic E-state index is 13.0. The molecule has 3 atom stereocenters. The van der Waals surface area contributed by atoms with Gasteiger partial charge in [-0.1, -0.05) is 48.1 Å². The first-order valence-corrected chi connectivity index (χ1v) is 15.2. The highest BCUT2D eigenvalue weighted by molar-refractivity contribution is 7.75. The molecule has 37 heavy (non-hydrogen) atoms. The molecule has 2 aliphatic heterocycles. The van der Waals surface area contributed by atoms with Crippen LogP contribution in [0.5, 0.6) is 5.75 Å². The number of rotatable bonds is 0. The number of hydrogen-bond acceptors (Lipinski definition) is 5. The number of allylic oxidation sites excluding steroid dienone is 2. The van der Waals surface area contributed by atoms with Crippen molar-refractivity contribution >= 4 is 22.2 Å². The van der Waals surface area contributed by atoms with Crippen molar-refractivity contribution < 1.29 is 13.7 Å². The topological polar surface area (TPSA) is 59.0 Å². The maximum Gasteiger partial charge on any atom is 0.254 e. The van der Waals surface area contributed by atoms with E-state index in [1.165, 1.54) is 29.5 Å². The molecule has 1 fully saturated rings. The number of carbonyl (C=O) groups excluding carboxylic acids is 1. The minimum absolute atomic E-state index is 0.0731. The Morgan fingerprint density at radius 1 is 1.08 bits per heavy atom. The number of ether oxygens (including phenoxy) is 1. The van der Waals surface area contributed by atoms with Gasteiger partial charge in [-0.15, -0.1) is 0 Å². The van der Waals surface area contributed by atoms with Crippen LogP contribution in [0.1, 0.15) is 72.0 Å². The fourth-order valence-corrected chi connectivity index (χ4v) is 7.58. The summed E-state index contributed by atoms with van der Waals surface area (Å²) >= 11 is 0. The summed E-state index contributed by atoms with van der Waals surface area (Å²) in [6.45, 7) is 4.67. The molecule has 6 heteroatoms. The van der Waals surface area contributed by atoms with Crippen LogP contribution >= 0.6 is 0 Å². The molecule has 2 aromatic carbocycles. The van der Waals surface area contributed by atoms with E-state index in [9.17, 15) is 9.00 Å². The highest BCUT2D eigenvalue weighted by Crippen LogP contribution is 2.46. The van der Waals surface area contributed by atoms with Crippen LogP contribution in [-0.4, -0.2) is 31.4 Å². The van der Waals surface area contributed by atoms with Gasteiger partial charge in [0.05, 0.1) is 12.3 Å². The number of benzene rings is 2. The zero-order valence-corrected chi connectivity index (χ0v) is 22.6. The molecular weight excluding hydrogens is 480 g/mol. The minimum atomic E-state index is -1.50. The summed E-state index contributed by atoms with van der Waals surface area (Å²) in [5.74, 6) is 2.19. The molecule has 6 rings (SSSR count). The van der Waals surface area contributed by atoms with Gasteiger partial charge in [0.2, 0.25) is 0 Å². The lowest BCUT2D eigenvalue weighted by Gasteiger charge is -2.44. The van der Waals surface area contributed by atoms with Crippen molar-refractivity contribution in [2.75, 3.05) is 30.3 Å². The molecule has 2 bridgehead atoms. The third-order valence-electron chi connectivity index (χ3n) is 8.99. The second kappa shape index (κ2) is 10.3. The van der Waals surface area contributed by atoms with Gasteiger partial charge < -0.3 is 18.2 Å². The van der Waals surface area contributed by atoms with E-state index in [-0.39, 0.29) is 5.41 Å². The van der Waals surface area contributed by atoms with E-state index in [4.69, 9.17) is 4.74 Å². The number of nitrogens with zero attached hydrogens (tertiary/aromatic N) is 2. The molecule has 0 unspecified atom stereocenters. The van der Waals surface area contributed by atoms with Gasteiger partial charge >= 0.3 is 0 Å². The van der Waals surface area contributed by atoms with Crippen LogP contribution in [0.4, 0.5) is 5.69 Å². The molecule has 2 aromatic rings. The van der Waals surface area contributed by atoms with Crippen molar-refractivity contribution in [3.8, 4) is 5.75 Å². The molecule has 0 radical (unpaired) electrons. The Bertz CT molecular complexity index is 1310. The first-order chi connectivity index (χ1) is 18.0. The molecule has 5 nitrogen and oxygen atoms in total. The Balaban J connectivity index is 1.42. The van der Waals surface area contributed by atoms with E-state index < -0.39 is 16.5 Å². The standard InChI is InChI=1S/C31H37N2O3S/c1-22-9-13-27-24(17-22)8-6-15-31(27)20-33-19-26-11-10-23(26)7-4-2-3-5-16-37(35)32-30(34)25-12-14-29(36-21-31)28(33)18-25/h2,4,9,12-14,17-18,23,26H,3,5-8,10-11,15-16,19-21H2,1H3/q-1/b4-2+/t23-,26+,31+/m1/s1. The lowest BCUT2D eigenvalue weighted by atomic mass is 9.68. The summed E-state index contributed by atoms with van der Waals surface area (Å²) in [6, 6.07) is 12.6. The predicted molar refractivity (Wildman–Crippen MR) is 149 cm³/mol. The predicted octanol–water partition coefficient (Wildman–Crippen LogP) is 6.52. The third-order valence-corrected chi connectivity index (χ3v) is 9.99. The second-order valence-electron chi connectivity index (χ2n) is 11.5. The summed E-state index contributed by atoms with van der Waals surface area (Å²) in [5, 5.41) is 0. The number of amides is 1. The SMILES string of the molecule is Cc1ccc2c(c1)CCC[C@]21COc2ccc3cc2N(C[C@@H]2CC[C@H]2C/C=C/CCC[S-](=O)=NC3=O)C1. The Labute approximate surface area is 222 Å². The van der Waals surface area contributed by atoms with Crippen LogP contribution in [0, 0.1) is 18.8 Å². The van der Waals surface area contributed by atoms with Crippen molar-refractivity contribution in [1.82, 2.24) is 0 Å². The van der Waals surface area contributed by atoms with Crippen LogP contribution in [0.2, 0.25) is 0 Å². The molecule has 1 spiro atoms. The second-order valence-corrected chi connectivity index (χ2v) is 12.7. The summed E-state index contributed by atoms with van der Waals surface area (Å²) < 4.78 is 23.0. The zero-order chi connectivity index (χ0) is 25.4. The molecule has 2 aliphatic carbocycles. The Hall–Kier alpha value is -2.60. The summed E-state index contributed by atoms with van der Waals surface area (Å²) in [6.07, 6.45) is 13.2. The van der Waals surface area contributed by atoms with Gasteiger partial charge in [0.25, 0.3) is 5.91 Å². The molecule has 0 aromatic heterocycles. The highest BCUT2D eigenvalue weighted by Gasteiger charge is 2.43. The van der Waals surface area contributed by atoms with Crippen LogP contribution < -0.4 is 9.64 Å². The van der Waals surface area contributed by atoms with Gasteiger partial charge in [-0.2, -0.15) is 10.6 Å². The van der Waals surface area contributed by atoms with Crippen molar-refractivity contribution in [1.29, 1.82) is 0 Å². The molecule has 0 saturated heterocycles. The fraction of sp³-hybridized carbons (Fsp3) is 0.516. The summed E-state index contributed by atoms with van der Waals surface area (Å²) in [4.78, 5) is 15.5. The van der Waals surface area contributed by atoms with Gasteiger partial charge in [-0.3, -0.25) is 4.79 Å². The molecule has 196 valence electrons. The largest absolute Gasteiger partial charge is 0.490 e. The average Bonchev–Trinajstić information content (AvgIpc) is 3.02. The van der Waals surface area contributed by atoms with E-state index in [1.54, 1.807) is 6.07 Å². The van der Waals surface area contributed by atoms with Gasteiger partial charge in [-0.25, -0.2) is 0 Å². The fourth-order valence-electron chi connectivity index (χ4n) is 6.78. The third kappa shape index (κ3) is 4.97. The van der Waals surface area contributed by atoms with Gasteiger partial charge in [0, 0.05) is 24.1 Å². The van der Waals surface area contributed by atoms with Crippen LogP contribution in [0.15, 0.2) is 52.9 Å². The Morgan fingerprint density at radius 3 is 2.84 bits per heavy atom. The number of anilines is 1. The summed E-state index contributed by atoms with van der Waals surface area (Å²) in [7, 11) is -1.50. The van der Waals surface area contributed by atoms with Crippen molar-refractivity contribution in [2.45, 2.75) is 63.7 Å². The molecule has 2 heterocycles. The zero-order valence-electron chi connectivity index (χ0n) is 21.8. The van der Waals surface area contributed by atoms with E-state index in [1.807, 2.05) is 12.1 Å². The van der Waals surface area contributed by atoms with Gasteiger partial charge in [0.1, 0.15) is 5.75 Å². The Kier molecular flexibility index (Phi) is 6.87. The monoisotopic (exact) mass is 517 g/mol. The van der Waals surface area contributed by atoms with Gasteiger partial charge in [-0.05, 0) is 93.0 Å². The maximum atomic E-state index is 13.0. The van der Waals surface area contributed by atoms with E-state index in [0.717, 1.165) is 63.1 Å². The average molecular weight is 518 g/mol. The van der Waals surface area contributed by atoms with E-state index in [2.05, 4.69) is 46.5 Å². The minimum Gasteiger partial charge on any atom is -0.490 e. The number of carbonyl (C=O) groups is 1.